The predicted octanol–water partition coefficient (Wildman–Crippen LogP) is 7.49. The minimum Gasteiger partial charge on any atom is -0.371 e. The number of hydrogen-bond acceptors (Lipinski definition) is 7. The fraction of sp³-hybridized carbons (Fsp3) is 0.311. The van der Waals surface area contributed by atoms with E-state index in [1.165, 1.54) is 0 Å². The van der Waals surface area contributed by atoms with E-state index < -0.39 is 18.4 Å². The van der Waals surface area contributed by atoms with Gasteiger partial charge in [-0.05, 0) is 98.7 Å². The van der Waals surface area contributed by atoms with Gasteiger partial charge in [0.05, 0.1) is 29.1 Å². The second kappa shape index (κ2) is 13.6. The van der Waals surface area contributed by atoms with Crippen molar-refractivity contribution < 1.29 is 23.2 Å². The molecule has 4 aromatic carbocycles. The van der Waals surface area contributed by atoms with E-state index in [1.54, 1.807) is 41.8 Å². The molecule has 4 aliphatic heterocycles. The Bertz CT molecular complexity index is 2790. The molecule has 0 bridgehead atoms. The molecule has 0 saturated carbocycles. The average Bonchev–Trinajstić information content (AvgIpc) is 3.83. The van der Waals surface area contributed by atoms with Crippen LogP contribution in [0.2, 0.25) is 0 Å². The third kappa shape index (κ3) is 5.61. The van der Waals surface area contributed by atoms with Crippen LogP contribution in [0.3, 0.4) is 0 Å². The molecule has 2 saturated heterocycles. The molecule has 13 heteroatoms. The van der Waals surface area contributed by atoms with E-state index >= 15 is 0 Å². The van der Waals surface area contributed by atoms with E-state index in [-0.39, 0.29) is 41.8 Å². The number of anilines is 4. The van der Waals surface area contributed by atoms with Gasteiger partial charge in [0.2, 0.25) is 11.8 Å². The Kier molecular flexibility index (Phi) is 8.46. The summed E-state index contributed by atoms with van der Waals surface area (Å²) in [6.45, 7) is 3.92. The van der Waals surface area contributed by atoms with Crippen LogP contribution < -0.4 is 25.6 Å². The van der Waals surface area contributed by atoms with Crippen LogP contribution in [0, 0.1) is 6.92 Å². The smallest absolute Gasteiger partial charge is 0.264 e. The highest BCUT2D eigenvalue weighted by Gasteiger charge is 2.41. The van der Waals surface area contributed by atoms with Crippen LogP contribution in [-0.2, 0) is 23.1 Å². The summed E-state index contributed by atoms with van der Waals surface area (Å²) in [5.74, 6) is -1.01. The van der Waals surface area contributed by atoms with Crippen LogP contribution in [0.1, 0.15) is 71.6 Å². The number of alkyl halides is 2. The molecule has 11 nitrogen and oxygen atoms in total. The van der Waals surface area contributed by atoms with Gasteiger partial charge < -0.3 is 14.4 Å². The Hall–Kier alpha value is -6.37. The number of pyridine rings is 1. The minimum absolute atomic E-state index is 0.0365. The molecular weight excluding hydrogens is 741 g/mol. The summed E-state index contributed by atoms with van der Waals surface area (Å²) >= 11 is 0. The number of piperidine rings is 2. The Labute approximate surface area is 332 Å². The second-order valence-corrected chi connectivity index (χ2v) is 15.9. The number of nitrogens with zero attached hydrogens (tertiary/aromatic N) is 6. The zero-order chi connectivity index (χ0) is 40.0. The fourth-order valence-corrected chi connectivity index (χ4v) is 9.75. The standard InChI is InChI=1S/C45H41F2N7O4/c1-25-20-33-34(50(2)44(25)57)9-4-10-36(33)52-17-5-6-26-21-31(32(42(46)47)22-39(26)52)27-23-48-53(24-27)28-15-18-51(19-16-28)35-11-12-37-41-29(35)7-3-8-30(41)45(58)54(37)38-13-14-40(55)49-43(38)56/h3-4,7-12,20-24,28,38,42H,5-6,13-19H2,1-2H3,(H,49,55,56). The maximum atomic E-state index is 15.0. The molecule has 2 fully saturated rings. The van der Waals surface area contributed by atoms with Gasteiger partial charge >= 0.3 is 0 Å². The lowest BCUT2D eigenvalue weighted by molar-refractivity contribution is -0.134. The third-order valence-corrected chi connectivity index (χ3v) is 12.6. The Morgan fingerprint density at radius 2 is 1.60 bits per heavy atom. The number of halogens is 2. The molecule has 0 radical (unpaired) electrons. The van der Waals surface area contributed by atoms with Crippen LogP contribution in [0.15, 0.2) is 83.9 Å². The van der Waals surface area contributed by atoms with Crippen LogP contribution in [-0.4, -0.2) is 57.7 Å². The van der Waals surface area contributed by atoms with Crippen molar-refractivity contribution in [1.82, 2.24) is 19.7 Å². The number of carbonyl (C=O) groups excluding carboxylic acids is 3. The Balaban J connectivity index is 0.906. The van der Waals surface area contributed by atoms with Gasteiger partial charge in [0.25, 0.3) is 17.9 Å². The number of carbonyl (C=O) groups is 3. The lowest BCUT2D eigenvalue weighted by Gasteiger charge is -2.35. The Morgan fingerprint density at radius 1 is 0.810 bits per heavy atom. The third-order valence-electron chi connectivity index (χ3n) is 12.6. The van der Waals surface area contributed by atoms with Crippen molar-refractivity contribution in [3.05, 3.63) is 112 Å². The zero-order valence-electron chi connectivity index (χ0n) is 32.2. The van der Waals surface area contributed by atoms with Crippen molar-refractivity contribution >= 4 is 62.1 Å². The number of nitrogens with one attached hydrogen (secondary N) is 1. The van der Waals surface area contributed by atoms with E-state index in [4.69, 9.17) is 5.10 Å². The van der Waals surface area contributed by atoms with Crippen molar-refractivity contribution in [2.75, 3.05) is 34.3 Å². The monoisotopic (exact) mass is 781 g/mol. The molecule has 6 aromatic rings. The second-order valence-electron chi connectivity index (χ2n) is 15.9. The first-order valence-corrected chi connectivity index (χ1v) is 19.9. The topological polar surface area (TPSA) is 113 Å². The van der Waals surface area contributed by atoms with Crippen molar-refractivity contribution in [2.45, 2.75) is 64.0 Å². The molecule has 1 N–H and O–H groups in total. The lowest BCUT2D eigenvalue weighted by Crippen LogP contribution is -2.53. The summed E-state index contributed by atoms with van der Waals surface area (Å²) in [5.41, 5.74) is 7.37. The van der Waals surface area contributed by atoms with Gasteiger partial charge in [-0.1, -0.05) is 18.2 Å². The predicted molar refractivity (Wildman–Crippen MR) is 219 cm³/mol. The highest BCUT2D eigenvalue weighted by molar-refractivity contribution is 6.28. The van der Waals surface area contributed by atoms with E-state index in [0.29, 0.717) is 34.5 Å². The molecule has 1 unspecified atom stereocenters. The van der Waals surface area contributed by atoms with Crippen molar-refractivity contribution in [3.63, 3.8) is 0 Å². The van der Waals surface area contributed by atoms with Crippen LogP contribution in [0.4, 0.5) is 31.5 Å². The molecule has 2 aromatic heterocycles. The molecule has 4 aliphatic rings. The van der Waals surface area contributed by atoms with Crippen molar-refractivity contribution in [2.24, 2.45) is 7.05 Å². The number of hydrogen-bond donors (Lipinski definition) is 1. The highest BCUT2D eigenvalue weighted by Crippen LogP contribution is 2.46. The maximum Gasteiger partial charge on any atom is 0.264 e. The highest BCUT2D eigenvalue weighted by atomic mass is 19.3. The summed E-state index contributed by atoms with van der Waals surface area (Å²) in [6, 6.07) is 20.2. The number of benzene rings is 4. The number of rotatable bonds is 6. The molecule has 3 amide bonds. The zero-order valence-corrected chi connectivity index (χ0v) is 32.2. The molecule has 294 valence electrons. The van der Waals surface area contributed by atoms with E-state index in [1.807, 2.05) is 65.5 Å². The number of imide groups is 1. The number of aryl methyl sites for hydroxylation is 3. The van der Waals surface area contributed by atoms with Gasteiger partial charge in [0, 0.05) is 89.1 Å². The van der Waals surface area contributed by atoms with Gasteiger partial charge in [0.1, 0.15) is 6.04 Å². The van der Waals surface area contributed by atoms with E-state index in [0.717, 1.165) is 83.1 Å². The molecular formula is C45H41F2N7O4. The Morgan fingerprint density at radius 3 is 2.40 bits per heavy atom. The first-order valence-electron chi connectivity index (χ1n) is 19.9. The van der Waals surface area contributed by atoms with Gasteiger partial charge in [0.15, 0.2) is 0 Å². The van der Waals surface area contributed by atoms with Crippen LogP contribution in [0.5, 0.6) is 0 Å². The molecule has 10 rings (SSSR count). The molecule has 58 heavy (non-hydrogen) atoms. The fourth-order valence-electron chi connectivity index (χ4n) is 9.75. The number of aromatic nitrogens is 3. The van der Waals surface area contributed by atoms with Gasteiger partial charge in [-0.3, -0.25) is 34.1 Å². The van der Waals surface area contributed by atoms with Gasteiger partial charge in [-0.15, -0.1) is 0 Å². The summed E-state index contributed by atoms with van der Waals surface area (Å²) < 4.78 is 33.5. The number of amides is 3. The average molecular weight is 782 g/mol. The van der Waals surface area contributed by atoms with Gasteiger partial charge in [-0.2, -0.15) is 5.10 Å². The quantitative estimate of drug-likeness (QED) is 0.174. The summed E-state index contributed by atoms with van der Waals surface area (Å²) in [7, 11) is 1.76. The summed E-state index contributed by atoms with van der Waals surface area (Å²) in [6.07, 6.45) is 4.54. The van der Waals surface area contributed by atoms with E-state index in [2.05, 4.69) is 15.1 Å². The van der Waals surface area contributed by atoms with Gasteiger partial charge in [-0.25, -0.2) is 8.78 Å². The normalized spacial score (nSPS) is 18.5. The first kappa shape index (κ1) is 36.0. The lowest BCUT2D eigenvalue weighted by atomic mass is 9.92. The number of fused-ring (bicyclic) bond motifs is 2. The first-order chi connectivity index (χ1) is 28.1. The SMILES string of the molecule is Cc1cc2c(N3CCCc4cc(-c5cnn(C6CCN(c7ccc8c9c(cccc79)C(=O)N8C7CCC(=O)NC7=O)CC6)c5)c(C(F)F)cc43)cccc2n(C)c1=O. The molecule has 1 atom stereocenters. The summed E-state index contributed by atoms with van der Waals surface area (Å²) in [5, 5.41) is 9.76. The van der Waals surface area contributed by atoms with Crippen LogP contribution >= 0.6 is 0 Å². The van der Waals surface area contributed by atoms with E-state index in [9.17, 15) is 28.0 Å². The molecule has 6 heterocycles. The van der Waals surface area contributed by atoms with Crippen LogP contribution in [0.25, 0.3) is 32.8 Å². The molecule has 0 aliphatic carbocycles. The largest absolute Gasteiger partial charge is 0.371 e. The molecule has 0 spiro atoms. The summed E-state index contributed by atoms with van der Waals surface area (Å²) in [4.78, 5) is 57.0. The van der Waals surface area contributed by atoms with Crippen molar-refractivity contribution in [1.29, 1.82) is 0 Å². The van der Waals surface area contributed by atoms with Crippen molar-refractivity contribution in [3.8, 4) is 11.1 Å². The maximum absolute atomic E-state index is 15.0. The minimum atomic E-state index is -2.70.